The van der Waals surface area contributed by atoms with Crippen molar-refractivity contribution in [1.82, 2.24) is 9.80 Å². The van der Waals surface area contributed by atoms with Crippen LogP contribution >= 0.6 is 0 Å². The van der Waals surface area contributed by atoms with Gasteiger partial charge in [0.1, 0.15) is 0 Å². The van der Waals surface area contributed by atoms with E-state index in [-0.39, 0.29) is 5.91 Å². The minimum Gasteiger partial charge on any atom is -0.339 e. The highest BCUT2D eigenvalue weighted by Crippen LogP contribution is 2.17. The fraction of sp³-hybridized carbons (Fsp3) is 0.900. The van der Waals surface area contributed by atoms with Crippen LogP contribution < -0.4 is 5.73 Å². The van der Waals surface area contributed by atoms with Crippen molar-refractivity contribution in [2.75, 3.05) is 33.2 Å². The molecule has 1 aliphatic heterocycles. The van der Waals surface area contributed by atoms with E-state index < -0.39 is 0 Å². The number of nitrogens with two attached hydrogens (primary N) is 1. The molecule has 0 aromatic rings. The van der Waals surface area contributed by atoms with Crippen LogP contribution in [0.15, 0.2) is 0 Å². The molecule has 82 valence electrons. The Kier molecular flexibility index (Phi) is 4.35. The van der Waals surface area contributed by atoms with Gasteiger partial charge >= 0.3 is 0 Å². The molecule has 1 amide bonds. The second-order valence-electron chi connectivity index (χ2n) is 4.06. The summed E-state index contributed by atoms with van der Waals surface area (Å²) in [6.07, 6.45) is 2.27. The van der Waals surface area contributed by atoms with E-state index in [1.165, 1.54) is 0 Å². The van der Waals surface area contributed by atoms with E-state index in [4.69, 9.17) is 5.73 Å². The first-order valence-electron chi connectivity index (χ1n) is 5.31. The van der Waals surface area contributed by atoms with Gasteiger partial charge in [-0.15, -0.1) is 0 Å². The van der Waals surface area contributed by atoms with Gasteiger partial charge in [-0.2, -0.15) is 0 Å². The molecule has 0 aromatic heterocycles. The average molecular weight is 199 g/mol. The van der Waals surface area contributed by atoms with Crippen LogP contribution in [0.5, 0.6) is 0 Å². The predicted molar refractivity (Wildman–Crippen MR) is 57.0 cm³/mol. The second kappa shape index (κ2) is 5.32. The Morgan fingerprint density at radius 2 is 2.36 bits per heavy atom. The highest BCUT2D eigenvalue weighted by Gasteiger charge is 2.26. The highest BCUT2D eigenvalue weighted by atomic mass is 16.2. The van der Waals surface area contributed by atoms with Gasteiger partial charge in [0.05, 0.1) is 0 Å². The normalized spacial score (nSPS) is 22.0. The first kappa shape index (κ1) is 11.5. The van der Waals surface area contributed by atoms with Crippen molar-refractivity contribution in [3.63, 3.8) is 0 Å². The number of likely N-dealkylation sites (N-methyl/N-ethyl adjacent to an activating group) is 1. The molecule has 0 aliphatic carbocycles. The van der Waals surface area contributed by atoms with Gasteiger partial charge in [0, 0.05) is 39.1 Å². The summed E-state index contributed by atoms with van der Waals surface area (Å²) in [5.41, 5.74) is 5.48. The first-order valence-corrected chi connectivity index (χ1v) is 5.31. The molecule has 1 unspecified atom stereocenters. The Bertz CT molecular complexity index is 196. The maximum atomic E-state index is 11.3. The Labute approximate surface area is 86.0 Å². The van der Waals surface area contributed by atoms with E-state index >= 15 is 0 Å². The zero-order valence-corrected chi connectivity index (χ0v) is 9.20. The molecule has 4 nitrogen and oxygen atoms in total. The summed E-state index contributed by atoms with van der Waals surface area (Å²) in [6, 6.07) is 0.407. The largest absolute Gasteiger partial charge is 0.339 e. The predicted octanol–water partition coefficient (Wildman–Crippen LogP) is -0.112. The van der Waals surface area contributed by atoms with Crippen LogP contribution in [-0.2, 0) is 4.79 Å². The van der Waals surface area contributed by atoms with Crippen molar-refractivity contribution < 1.29 is 4.79 Å². The number of hydrogen-bond donors (Lipinski definition) is 1. The van der Waals surface area contributed by atoms with E-state index in [1.807, 2.05) is 4.90 Å². The lowest BCUT2D eigenvalue weighted by Crippen LogP contribution is -2.42. The van der Waals surface area contributed by atoms with Crippen molar-refractivity contribution in [3.8, 4) is 0 Å². The lowest BCUT2D eigenvalue weighted by atomic mass is 10.2. The van der Waals surface area contributed by atoms with Gasteiger partial charge in [-0.3, -0.25) is 4.79 Å². The zero-order valence-electron chi connectivity index (χ0n) is 9.20. The molecule has 4 heteroatoms. The number of nitrogens with zero attached hydrogens (tertiary/aromatic N) is 2. The van der Waals surface area contributed by atoms with Crippen molar-refractivity contribution >= 4 is 5.91 Å². The number of likely N-dealkylation sites (tertiary alicyclic amines) is 1. The maximum Gasteiger partial charge on any atom is 0.219 e. The van der Waals surface area contributed by atoms with Crippen molar-refractivity contribution in [1.29, 1.82) is 0 Å². The quantitative estimate of drug-likeness (QED) is 0.687. The van der Waals surface area contributed by atoms with E-state index in [0.29, 0.717) is 12.6 Å². The van der Waals surface area contributed by atoms with Crippen LogP contribution in [0, 0.1) is 0 Å². The minimum atomic E-state index is 0.202. The van der Waals surface area contributed by atoms with Gasteiger partial charge < -0.3 is 15.5 Å². The molecule has 1 heterocycles. The van der Waals surface area contributed by atoms with Gasteiger partial charge in [0.25, 0.3) is 0 Å². The molecule has 1 saturated heterocycles. The second-order valence-corrected chi connectivity index (χ2v) is 4.06. The Morgan fingerprint density at radius 1 is 1.64 bits per heavy atom. The number of carbonyl (C=O) groups excluding carboxylic acids is 1. The van der Waals surface area contributed by atoms with E-state index in [1.54, 1.807) is 6.92 Å². The zero-order chi connectivity index (χ0) is 10.6. The molecule has 0 spiro atoms. The van der Waals surface area contributed by atoms with Crippen LogP contribution in [0.2, 0.25) is 0 Å². The summed E-state index contributed by atoms with van der Waals surface area (Å²) in [5.74, 6) is 0.202. The summed E-state index contributed by atoms with van der Waals surface area (Å²) in [4.78, 5) is 15.5. The van der Waals surface area contributed by atoms with Crippen LogP contribution in [0.3, 0.4) is 0 Å². The summed E-state index contributed by atoms with van der Waals surface area (Å²) in [5, 5.41) is 0. The van der Waals surface area contributed by atoms with Gasteiger partial charge in [0.15, 0.2) is 0 Å². The molecule has 0 saturated carbocycles. The van der Waals surface area contributed by atoms with Gasteiger partial charge in [-0.05, 0) is 19.9 Å². The first-order chi connectivity index (χ1) is 6.65. The summed E-state index contributed by atoms with van der Waals surface area (Å²) < 4.78 is 0. The molecule has 0 bridgehead atoms. The van der Waals surface area contributed by atoms with Gasteiger partial charge in [-0.1, -0.05) is 0 Å². The van der Waals surface area contributed by atoms with E-state index in [0.717, 1.165) is 32.5 Å². The Hall–Kier alpha value is -0.610. The molecule has 1 atom stereocenters. The van der Waals surface area contributed by atoms with Crippen LogP contribution in [-0.4, -0.2) is 55.0 Å². The standard InChI is InChI=1S/C10H21N3O/c1-9(14)13-6-3-4-10(13)8-12(2)7-5-11/h10H,3-8,11H2,1-2H3. The SMILES string of the molecule is CC(=O)N1CCCC1CN(C)CCN. The fourth-order valence-electron chi connectivity index (χ4n) is 2.11. The summed E-state index contributed by atoms with van der Waals surface area (Å²) in [7, 11) is 2.06. The van der Waals surface area contributed by atoms with Crippen molar-refractivity contribution in [2.45, 2.75) is 25.8 Å². The van der Waals surface area contributed by atoms with Crippen LogP contribution in [0.25, 0.3) is 0 Å². The number of carbonyl (C=O) groups is 1. The Balaban J connectivity index is 2.39. The fourth-order valence-corrected chi connectivity index (χ4v) is 2.11. The maximum absolute atomic E-state index is 11.3. The number of rotatable bonds is 4. The number of hydrogen-bond acceptors (Lipinski definition) is 3. The van der Waals surface area contributed by atoms with E-state index in [2.05, 4.69) is 11.9 Å². The molecule has 1 fully saturated rings. The number of amides is 1. The summed E-state index contributed by atoms with van der Waals surface area (Å²) in [6.45, 7) is 5.13. The molecular weight excluding hydrogens is 178 g/mol. The lowest BCUT2D eigenvalue weighted by molar-refractivity contribution is -0.129. The molecule has 1 aliphatic rings. The van der Waals surface area contributed by atoms with E-state index in [9.17, 15) is 4.79 Å². The lowest BCUT2D eigenvalue weighted by Gasteiger charge is -2.27. The monoisotopic (exact) mass is 199 g/mol. The van der Waals surface area contributed by atoms with Crippen molar-refractivity contribution in [2.24, 2.45) is 5.73 Å². The third-order valence-corrected chi connectivity index (χ3v) is 2.81. The van der Waals surface area contributed by atoms with Crippen LogP contribution in [0.1, 0.15) is 19.8 Å². The van der Waals surface area contributed by atoms with Gasteiger partial charge in [-0.25, -0.2) is 0 Å². The smallest absolute Gasteiger partial charge is 0.219 e. The molecule has 2 N–H and O–H groups in total. The third kappa shape index (κ3) is 2.96. The van der Waals surface area contributed by atoms with Gasteiger partial charge in [0.2, 0.25) is 5.91 Å². The van der Waals surface area contributed by atoms with Crippen LogP contribution in [0.4, 0.5) is 0 Å². The minimum absolute atomic E-state index is 0.202. The molecule has 14 heavy (non-hydrogen) atoms. The molecular formula is C10H21N3O. The molecule has 0 radical (unpaired) electrons. The Morgan fingerprint density at radius 3 is 2.93 bits per heavy atom. The molecule has 1 rings (SSSR count). The average Bonchev–Trinajstić information content (AvgIpc) is 2.52. The molecule has 0 aromatic carbocycles. The third-order valence-electron chi connectivity index (χ3n) is 2.81. The topological polar surface area (TPSA) is 49.6 Å². The van der Waals surface area contributed by atoms with Crippen molar-refractivity contribution in [3.05, 3.63) is 0 Å². The highest BCUT2D eigenvalue weighted by molar-refractivity contribution is 5.73. The summed E-state index contributed by atoms with van der Waals surface area (Å²) >= 11 is 0.